The van der Waals surface area contributed by atoms with Crippen LogP contribution in [0.5, 0.6) is 0 Å². The Morgan fingerprint density at radius 3 is 2.52 bits per heavy atom. The summed E-state index contributed by atoms with van der Waals surface area (Å²) >= 11 is 0.747. The van der Waals surface area contributed by atoms with Crippen molar-refractivity contribution in [3.63, 3.8) is 0 Å². The molecule has 1 aliphatic heterocycles. The molecule has 246 valence electrons. The molecule has 3 aromatic rings. The van der Waals surface area contributed by atoms with Crippen LogP contribution in [0, 0.1) is 0 Å². The first-order chi connectivity index (χ1) is 21.7. The summed E-state index contributed by atoms with van der Waals surface area (Å²) in [7, 11) is 0. The number of alkyl halides is 3. The number of rotatable bonds is 8. The van der Waals surface area contributed by atoms with Crippen LogP contribution in [0.25, 0.3) is 21.7 Å². The van der Waals surface area contributed by atoms with Gasteiger partial charge in [-0.15, -0.1) is 11.3 Å². The van der Waals surface area contributed by atoms with E-state index in [-0.39, 0.29) is 41.7 Å². The fourth-order valence-electron chi connectivity index (χ4n) is 4.27. The molecule has 0 unspecified atom stereocenters. The van der Waals surface area contributed by atoms with Crippen molar-refractivity contribution >= 4 is 41.0 Å². The molecule has 17 heteroatoms. The number of Topliss-reactive ketones (excluding diaryl/α,β-unsaturated/α-hetero) is 1. The van der Waals surface area contributed by atoms with Gasteiger partial charge < -0.3 is 20.1 Å². The van der Waals surface area contributed by atoms with Crippen molar-refractivity contribution in [2.75, 3.05) is 38.2 Å². The van der Waals surface area contributed by atoms with Crippen molar-refractivity contribution in [1.29, 1.82) is 0 Å². The van der Waals surface area contributed by atoms with Crippen molar-refractivity contribution in [2.24, 2.45) is 0 Å². The zero-order valence-corrected chi connectivity index (χ0v) is 26.2. The summed E-state index contributed by atoms with van der Waals surface area (Å²) in [6.07, 6.45) is -1.36. The van der Waals surface area contributed by atoms with Crippen LogP contribution < -0.4 is 16.0 Å². The lowest BCUT2D eigenvalue weighted by molar-refractivity contribution is -0.140. The van der Waals surface area contributed by atoms with Gasteiger partial charge >= 0.3 is 18.3 Å². The summed E-state index contributed by atoms with van der Waals surface area (Å²) < 4.78 is 50.8. The third-order valence-electron chi connectivity index (χ3n) is 6.36. The van der Waals surface area contributed by atoms with Gasteiger partial charge in [0.15, 0.2) is 11.5 Å². The number of aromatic nitrogens is 3. The quantitative estimate of drug-likeness (QED) is 0.297. The minimum atomic E-state index is -4.67. The van der Waals surface area contributed by atoms with Crippen LogP contribution in [-0.4, -0.2) is 88.2 Å². The molecule has 4 rings (SSSR count). The van der Waals surface area contributed by atoms with E-state index in [0.717, 1.165) is 16.7 Å². The van der Waals surface area contributed by atoms with Crippen molar-refractivity contribution in [3.05, 3.63) is 47.4 Å². The van der Waals surface area contributed by atoms with E-state index < -0.39 is 53.9 Å². The molecule has 1 atom stereocenters. The third kappa shape index (κ3) is 8.75. The number of anilines is 1. The summed E-state index contributed by atoms with van der Waals surface area (Å²) in [5.41, 5.74) is -0.943. The number of thiazole rings is 1. The van der Waals surface area contributed by atoms with E-state index in [4.69, 9.17) is 9.47 Å². The maximum absolute atomic E-state index is 13.3. The summed E-state index contributed by atoms with van der Waals surface area (Å²) in [5, 5.41) is 8.45. The molecule has 0 spiro atoms. The van der Waals surface area contributed by atoms with Crippen LogP contribution >= 0.6 is 11.3 Å². The molecule has 0 bridgehead atoms. The molecular weight excluding hydrogens is 631 g/mol. The number of hydrogen-bond acceptors (Lipinski definition) is 10. The van der Waals surface area contributed by atoms with Crippen LogP contribution in [0.4, 0.5) is 28.6 Å². The monoisotopic (exact) mass is 663 g/mol. The van der Waals surface area contributed by atoms with E-state index in [9.17, 15) is 32.3 Å². The zero-order chi connectivity index (χ0) is 33.6. The fourth-order valence-corrected chi connectivity index (χ4v) is 5.12. The lowest BCUT2D eigenvalue weighted by atomic mass is 10.0. The Kier molecular flexibility index (Phi) is 10.6. The van der Waals surface area contributed by atoms with Gasteiger partial charge in [0.25, 0.3) is 0 Å². The van der Waals surface area contributed by atoms with Crippen LogP contribution in [0.1, 0.15) is 43.7 Å². The Morgan fingerprint density at radius 2 is 1.85 bits per heavy atom. The first-order valence-corrected chi connectivity index (χ1v) is 15.0. The molecule has 1 fully saturated rings. The van der Waals surface area contributed by atoms with Gasteiger partial charge in [-0.3, -0.25) is 24.8 Å². The normalized spacial score (nSPS) is 15.2. The summed E-state index contributed by atoms with van der Waals surface area (Å²) in [4.78, 5) is 64.1. The maximum atomic E-state index is 13.3. The molecule has 0 aliphatic carbocycles. The second-order valence-corrected chi connectivity index (χ2v) is 11.9. The van der Waals surface area contributed by atoms with Crippen LogP contribution in [0.2, 0.25) is 0 Å². The number of carbonyl (C=O) groups is 4. The molecule has 46 heavy (non-hydrogen) atoms. The fraction of sp³-hybridized carbons (Fsp3) is 0.414. The van der Waals surface area contributed by atoms with Gasteiger partial charge in [-0.1, -0.05) is 0 Å². The van der Waals surface area contributed by atoms with E-state index in [1.54, 1.807) is 27.7 Å². The molecule has 3 aromatic heterocycles. The highest BCUT2D eigenvalue weighted by molar-refractivity contribution is 7.13. The Hall–Kier alpha value is -4.64. The number of urea groups is 1. The third-order valence-corrected chi connectivity index (χ3v) is 7.24. The number of nitrogens with one attached hydrogen (secondary N) is 3. The smallest absolute Gasteiger partial charge is 0.434 e. The predicted molar refractivity (Wildman–Crippen MR) is 161 cm³/mol. The number of nitrogens with zero attached hydrogens (tertiary/aromatic N) is 4. The largest absolute Gasteiger partial charge is 0.444 e. The minimum absolute atomic E-state index is 0.00286. The second-order valence-electron chi connectivity index (χ2n) is 11.0. The van der Waals surface area contributed by atoms with Crippen molar-refractivity contribution in [1.82, 2.24) is 30.5 Å². The van der Waals surface area contributed by atoms with E-state index in [1.165, 1.54) is 35.6 Å². The van der Waals surface area contributed by atoms with E-state index in [2.05, 4.69) is 30.9 Å². The maximum Gasteiger partial charge on any atom is 0.434 e. The number of ketones is 1. The van der Waals surface area contributed by atoms with Gasteiger partial charge in [0.2, 0.25) is 5.91 Å². The van der Waals surface area contributed by atoms with Gasteiger partial charge in [-0.05, 0) is 39.8 Å². The lowest BCUT2D eigenvalue weighted by Crippen LogP contribution is -2.57. The second kappa shape index (κ2) is 14.2. The average molecular weight is 664 g/mol. The first kappa shape index (κ1) is 34.2. The Balaban J connectivity index is 1.56. The van der Waals surface area contributed by atoms with Crippen molar-refractivity contribution in [3.8, 4) is 21.7 Å². The summed E-state index contributed by atoms with van der Waals surface area (Å²) in [6.45, 7) is 6.99. The van der Waals surface area contributed by atoms with Gasteiger partial charge in [0, 0.05) is 59.3 Å². The highest BCUT2D eigenvalue weighted by atomic mass is 32.1. The Morgan fingerprint density at radius 1 is 1.09 bits per heavy atom. The summed E-state index contributed by atoms with van der Waals surface area (Å²) in [5.74, 6) is -1.08. The van der Waals surface area contributed by atoms with Gasteiger partial charge in [-0.25, -0.2) is 19.6 Å². The molecule has 0 radical (unpaired) electrons. The summed E-state index contributed by atoms with van der Waals surface area (Å²) in [6, 6.07) is 1.25. The first-order valence-electron chi connectivity index (χ1n) is 14.1. The minimum Gasteiger partial charge on any atom is -0.444 e. The molecule has 0 aromatic carbocycles. The molecular formula is C29H32F3N7O6S. The molecule has 4 amide bonds. The average Bonchev–Trinajstić information content (AvgIpc) is 3.50. The SMILES string of the molecule is CCNC(=O)Nc1cc(-c2nc(C(F)(F)F)cs2)c(-c2cncc(C(=O)CNC(=O)[C@H]3COCCN3C(=O)OC(C)(C)C)c2)cn1. The number of ether oxygens (including phenoxy) is 2. The molecule has 1 saturated heterocycles. The highest BCUT2D eigenvalue weighted by Gasteiger charge is 2.36. The topological polar surface area (TPSA) is 165 Å². The van der Waals surface area contributed by atoms with Gasteiger partial charge in [0.1, 0.15) is 22.5 Å². The number of amides is 4. The zero-order valence-electron chi connectivity index (χ0n) is 25.4. The van der Waals surface area contributed by atoms with Crippen molar-refractivity contribution < 1.29 is 41.8 Å². The van der Waals surface area contributed by atoms with Crippen LogP contribution in [0.15, 0.2) is 36.1 Å². The predicted octanol–water partition coefficient (Wildman–Crippen LogP) is 4.36. The highest BCUT2D eigenvalue weighted by Crippen LogP contribution is 2.38. The molecule has 0 saturated carbocycles. The van der Waals surface area contributed by atoms with Gasteiger partial charge in [-0.2, -0.15) is 13.2 Å². The molecule has 4 heterocycles. The van der Waals surface area contributed by atoms with Crippen LogP contribution in [0.3, 0.4) is 0 Å². The molecule has 1 aliphatic rings. The molecule has 3 N–H and O–H groups in total. The lowest BCUT2D eigenvalue weighted by Gasteiger charge is -2.35. The van der Waals surface area contributed by atoms with E-state index in [1.807, 2.05) is 0 Å². The van der Waals surface area contributed by atoms with E-state index in [0.29, 0.717) is 17.7 Å². The van der Waals surface area contributed by atoms with Crippen molar-refractivity contribution in [2.45, 2.75) is 45.5 Å². The Bertz CT molecular complexity index is 1610. The number of carbonyl (C=O) groups excluding carboxylic acids is 4. The number of halogens is 3. The van der Waals surface area contributed by atoms with E-state index >= 15 is 0 Å². The van der Waals surface area contributed by atoms with Crippen LogP contribution in [-0.2, 0) is 20.4 Å². The number of morpholine rings is 1. The van der Waals surface area contributed by atoms with Gasteiger partial charge in [0.05, 0.1) is 19.8 Å². The number of hydrogen-bond donors (Lipinski definition) is 3. The number of pyridine rings is 2. The molecule has 13 nitrogen and oxygen atoms in total. The Labute approximate surface area is 265 Å². The standard InChI is InChI=1S/C29H32F3N7O6S/c1-5-34-26(42)38-23-9-18(25-37-22(15-46-25)29(30,31)32)19(12-35-23)16-8-17(11-33-10-16)21(40)13-36-24(41)20-14-44-7-6-39(20)27(43)45-28(2,3)4/h8-12,15,20H,5-7,13-14H2,1-4H3,(H,36,41)(H2,34,35,38,42)/t20-/m1/s1.